The highest BCUT2D eigenvalue weighted by Gasteiger charge is 2.31. The molecule has 0 saturated carbocycles. The average Bonchev–Trinajstić information content (AvgIpc) is 3.18. The predicted octanol–water partition coefficient (Wildman–Crippen LogP) is 4.45. The molecule has 1 atom stereocenters. The van der Waals surface area contributed by atoms with Crippen LogP contribution < -0.4 is 0 Å². The van der Waals surface area contributed by atoms with Gasteiger partial charge in [-0.05, 0) is 55.3 Å². The summed E-state index contributed by atoms with van der Waals surface area (Å²) in [6.07, 6.45) is 6.37. The van der Waals surface area contributed by atoms with E-state index in [1.54, 1.807) is 12.3 Å². The molecule has 2 aliphatic heterocycles. The van der Waals surface area contributed by atoms with Gasteiger partial charge in [0.1, 0.15) is 4.90 Å². The van der Waals surface area contributed by atoms with E-state index >= 15 is 0 Å². The number of carbonyl (C=O) groups is 1. The van der Waals surface area contributed by atoms with E-state index in [0.717, 1.165) is 49.3 Å². The van der Waals surface area contributed by atoms with E-state index in [4.69, 9.17) is 11.6 Å². The number of hydrogen-bond donors (Lipinski definition) is 0. The Kier molecular flexibility index (Phi) is 7.76. The van der Waals surface area contributed by atoms with Gasteiger partial charge < -0.3 is 4.90 Å². The maximum absolute atomic E-state index is 13.6. The molecule has 6 nitrogen and oxygen atoms in total. The van der Waals surface area contributed by atoms with Crippen LogP contribution in [0.3, 0.4) is 0 Å². The van der Waals surface area contributed by atoms with Gasteiger partial charge in [-0.2, -0.15) is 16.1 Å². The van der Waals surface area contributed by atoms with Crippen LogP contribution in [-0.2, 0) is 16.6 Å². The van der Waals surface area contributed by atoms with Crippen LogP contribution in [0, 0.1) is 0 Å². The first kappa shape index (κ1) is 23.5. The molecule has 2 fully saturated rings. The lowest BCUT2D eigenvalue weighted by atomic mass is 10.1. The van der Waals surface area contributed by atoms with Crippen molar-refractivity contribution < 1.29 is 13.2 Å². The molecular formula is C23H28ClN3O3S2. The standard InChI is InChI=1S/C23H28ClN3O3S2/c24-21-9-8-18(15-22(21)32(29,30)26-12-5-1-2-6-13-26)23(28)27(20-10-14-31-17-20)16-19-7-3-4-11-25-19/h3-4,7-9,11,15,20H,1-2,5-6,10,12-14,16-17H2/t20-/m0/s1. The SMILES string of the molecule is O=C(c1ccc(Cl)c(S(=O)(=O)N2CCCCCC2)c1)N(Cc1ccccn1)[C@H]1CCSC1. The second-order valence-electron chi connectivity index (χ2n) is 8.24. The average molecular weight is 494 g/mol. The topological polar surface area (TPSA) is 70.6 Å². The van der Waals surface area contributed by atoms with Crippen molar-refractivity contribution in [2.75, 3.05) is 24.6 Å². The van der Waals surface area contributed by atoms with Gasteiger partial charge in [0.2, 0.25) is 10.0 Å². The first-order valence-corrected chi connectivity index (χ1v) is 14.0. The third-order valence-electron chi connectivity index (χ3n) is 6.03. The molecule has 2 aromatic rings. The monoisotopic (exact) mass is 493 g/mol. The largest absolute Gasteiger partial charge is 0.329 e. The first-order valence-electron chi connectivity index (χ1n) is 11.0. The Morgan fingerprint density at radius 3 is 2.59 bits per heavy atom. The molecule has 0 radical (unpaired) electrons. The molecule has 0 aliphatic carbocycles. The van der Waals surface area contributed by atoms with Crippen LogP contribution in [0.1, 0.15) is 48.2 Å². The highest BCUT2D eigenvalue weighted by atomic mass is 35.5. The molecule has 1 aromatic carbocycles. The molecule has 2 aliphatic rings. The van der Waals surface area contributed by atoms with Crippen LogP contribution in [-0.4, -0.2) is 59.2 Å². The number of hydrogen-bond acceptors (Lipinski definition) is 5. The molecule has 1 amide bonds. The third-order valence-corrected chi connectivity index (χ3v) is 9.55. The summed E-state index contributed by atoms with van der Waals surface area (Å²) >= 11 is 8.16. The number of halogens is 1. The van der Waals surface area contributed by atoms with Gasteiger partial charge in [0.25, 0.3) is 5.91 Å². The van der Waals surface area contributed by atoms with Gasteiger partial charge in [0.15, 0.2) is 0 Å². The van der Waals surface area contributed by atoms with Crippen molar-refractivity contribution in [3.8, 4) is 0 Å². The van der Waals surface area contributed by atoms with Gasteiger partial charge in [0, 0.05) is 36.6 Å². The number of pyridine rings is 1. The normalized spacial score (nSPS) is 20.1. The van der Waals surface area contributed by atoms with Gasteiger partial charge in [-0.25, -0.2) is 8.42 Å². The molecule has 0 bridgehead atoms. The van der Waals surface area contributed by atoms with Crippen molar-refractivity contribution in [1.29, 1.82) is 0 Å². The van der Waals surface area contributed by atoms with Crippen molar-refractivity contribution in [2.24, 2.45) is 0 Å². The zero-order valence-electron chi connectivity index (χ0n) is 18.0. The number of rotatable bonds is 6. The Morgan fingerprint density at radius 2 is 1.94 bits per heavy atom. The zero-order valence-corrected chi connectivity index (χ0v) is 20.3. The van der Waals surface area contributed by atoms with Crippen molar-refractivity contribution in [3.05, 3.63) is 58.9 Å². The van der Waals surface area contributed by atoms with E-state index in [2.05, 4.69) is 4.98 Å². The molecule has 3 heterocycles. The maximum atomic E-state index is 13.6. The summed E-state index contributed by atoms with van der Waals surface area (Å²) in [4.78, 5) is 19.8. The predicted molar refractivity (Wildman–Crippen MR) is 129 cm³/mol. The summed E-state index contributed by atoms with van der Waals surface area (Å²) in [6, 6.07) is 10.4. The number of carbonyl (C=O) groups excluding carboxylic acids is 1. The van der Waals surface area contributed by atoms with E-state index in [1.807, 2.05) is 34.9 Å². The second kappa shape index (κ2) is 10.5. The Morgan fingerprint density at radius 1 is 1.16 bits per heavy atom. The minimum atomic E-state index is -3.76. The number of amides is 1. The third kappa shape index (κ3) is 5.30. The number of nitrogens with zero attached hydrogens (tertiary/aromatic N) is 3. The Hall–Kier alpha value is -1.61. The van der Waals surface area contributed by atoms with Crippen molar-refractivity contribution in [2.45, 2.75) is 49.6 Å². The fourth-order valence-corrected chi connectivity index (χ4v) is 7.46. The molecule has 4 rings (SSSR count). The highest BCUT2D eigenvalue weighted by molar-refractivity contribution is 7.99. The number of aromatic nitrogens is 1. The second-order valence-corrected chi connectivity index (χ2v) is 11.7. The summed E-state index contributed by atoms with van der Waals surface area (Å²) < 4.78 is 28.2. The van der Waals surface area contributed by atoms with E-state index < -0.39 is 10.0 Å². The Balaban J connectivity index is 1.64. The molecule has 172 valence electrons. The van der Waals surface area contributed by atoms with Gasteiger partial charge >= 0.3 is 0 Å². The molecule has 0 N–H and O–H groups in total. The number of benzene rings is 1. The summed E-state index contributed by atoms with van der Waals surface area (Å²) in [5, 5.41) is 0.151. The van der Waals surface area contributed by atoms with Crippen LogP contribution in [0.4, 0.5) is 0 Å². The van der Waals surface area contributed by atoms with Crippen LogP contribution in [0.2, 0.25) is 5.02 Å². The van der Waals surface area contributed by atoms with E-state index in [1.165, 1.54) is 16.4 Å². The lowest BCUT2D eigenvalue weighted by Gasteiger charge is -2.29. The smallest absolute Gasteiger partial charge is 0.254 e. The van der Waals surface area contributed by atoms with Gasteiger partial charge in [-0.3, -0.25) is 9.78 Å². The molecular weight excluding hydrogens is 466 g/mol. The van der Waals surface area contributed by atoms with Gasteiger partial charge in [0.05, 0.1) is 17.3 Å². The summed E-state index contributed by atoms with van der Waals surface area (Å²) in [5.41, 5.74) is 1.15. The minimum Gasteiger partial charge on any atom is -0.329 e. The minimum absolute atomic E-state index is 0.0190. The van der Waals surface area contributed by atoms with Crippen molar-refractivity contribution >= 4 is 39.3 Å². The Labute approximate surface area is 199 Å². The molecule has 2 saturated heterocycles. The lowest BCUT2D eigenvalue weighted by Crippen LogP contribution is -2.40. The van der Waals surface area contributed by atoms with Crippen LogP contribution in [0.5, 0.6) is 0 Å². The number of sulfonamides is 1. The van der Waals surface area contributed by atoms with Gasteiger partial charge in [-0.15, -0.1) is 0 Å². The van der Waals surface area contributed by atoms with Crippen LogP contribution >= 0.6 is 23.4 Å². The van der Waals surface area contributed by atoms with E-state index in [-0.39, 0.29) is 21.9 Å². The highest BCUT2D eigenvalue weighted by Crippen LogP contribution is 2.30. The fourth-order valence-electron chi connectivity index (χ4n) is 4.22. The maximum Gasteiger partial charge on any atom is 0.254 e. The summed E-state index contributed by atoms with van der Waals surface area (Å²) in [6.45, 7) is 1.37. The lowest BCUT2D eigenvalue weighted by molar-refractivity contribution is 0.0678. The molecule has 0 spiro atoms. The van der Waals surface area contributed by atoms with Crippen LogP contribution in [0.15, 0.2) is 47.5 Å². The summed E-state index contributed by atoms with van der Waals surface area (Å²) in [7, 11) is -3.76. The van der Waals surface area contributed by atoms with E-state index in [9.17, 15) is 13.2 Å². The Bertz CT molecular complexity index is 1040. The van der Waals surface area contributed by atoms with Crippen molar-refractivity contribution in [3.63, 3.8) is 0 Å². The van der Waals surface area contributed by atoms with Crippen LogP contribution in [0.25, 0.3) is 0 Å². The summed E-state index contributed by atoms with van der Waals surface area (Å²) in [5.74, 6) is 1.68. The molecule has 0 unspecified atom stereocenters. The van der Waals surface area contributed by atoms with Crippen molar-refractivity contribution in [1.82, 2.24) is 14.2 Å². The first-order chi connectivity index (χ1) is 15.5. The molecule has 1 aromatic heterocycles. The number of thioether (sulfide) groups is 1. The molecule has 32 heavy (non-hydrogen) atoms. The fraction of sp³-hybridized carbons (Fsp3) is 0.478. The van der Waals surface area contributed by atoms with E-state index in [0.29, 0.717) is 25.2 Å². The molecule has 9 heteroatoms. The quantitative estimate of drug-likeness (QED) is 0.594. The van der Waals surface area contributed by atoms with Gasteiger partial charge in [-0.1, -0.05) is 30.5 Å². The zero-order chi connectivity index (χ0) is 22.6.